The first-order valence-corrected chi connectivity index (χ1v) is 6.71. The monoisotopic (exact) mass is 263 g/mol. The van der Waals surface area contributed by atoms with E-state index in [2.05, 4.69) is 46.5 Å². The van der Waals surface area contributed by atoms with Crippen LogP contribution < -0.4 is 5.32 Å². The summed E-state index contributed by atoms with van der Waals surface area (Å²) in [4.78, 5) is 0. The Morgan fingerprint density at radius 3 is 2.72 bits per heavy atom. The lowest BCUT2D eigenvalue weighted by molar-refractivity contribution is 0.429. The Bertz CT molecular complexity index is 489. The van der Waals surface area contributed by atoms with E-state index in [1.54, 1.807) is 23.7 Å². The lowest BCUT2D eigenvalue weighted by Gasteiger charge is -2.19. The van der Waals surface area contributed by atoms with Gasteiger partial charge < -0.3 is 5.32 Å². The van der Waals surface area contributed by atoms with E-state index in [9.17, 15) is 0 Å². The van der Waals surface area contributed by atoms with Crippen molar-refractivity contribution in [2.24, 2.45) is 0 Å². The van der Waals surface area contributed by atoms with Crippen LogP contribution in [-0.2, 0) is 6.42 Å². The molecule has 0 aliphatic heterocycles. The highest BCUT2D eigenvalue weighted by atomic mass is 32.1. The van der Waals surface area contributed by atoms with Gasteiger partial charge in [0.05, 0.1) is 12.4 Å². The molecule has 2 aromatic heterocycles. The van der Waals surface area contributed by atoms with E-state index >= 15 is 0 Å². The van der Waals surface area contributed by atoms with Crippen molar-refractivity contribution in [1.82, 2.24) is 25.7 Å². The second-order valence-electron chi connectivity index (χ2n) is 5.06. The van der Waals surface area contributed by atoms with Gasteiger partial charge in [0, 0.05) is 24.1 Å². The molecule has 0 saturated carbocycles. The summed E-state index contributed by atoms with van der Waals surface area (Å²) >= 11 is 1.61. The third kappa shape index (κ3) is 3.82. The van der Waals surface area contributed by atoms with Gasteiger partial charge in [-0.05, 0) is 26.8 Å². The van der Waals surface area contributed by atoms with Crippen LogP contribution in [0.5, 0.6) is 0 Å². The van der Waals surface area contributed by atoms with Gasteiger partial charge in [-0.1, -0.05) is 11.3 Å². The molecule has 0 aliphatic carbocycles. The fourth-order valence-electron chi connectivity index (χ4n) is 1.43. The summed E-state index contributed by atoms with van der Waals surface area (Å²) in [6.07, 6.45) is 4.27. The van der Waals surface area contributed by atoms with Gasteiger partial charge >= 0.3 is 0 Å². The Kier molecular flexibility index (Phi) is 3.98. The highest BCUT2D eigenvalue weighted by Crippen LogP contribution is 2.22. The van der Waals surface area contributed by atoms with Crippen molar-refractivity contribution in [3.63, 3.8) is 0 Å². The first-order chi connectivity index (χ1) is 8.54. The van der Waals surface area contributed by atoms with Crippen LogP contribution in [0.15, 0.2) is 18.5 Å². The van der Waals surface area contributed by atoms with Gasteiger partial charge in [0.15, 0.2) is 0 Å². The highest BCUT2D eigenvalue weighted by molar-refractivity contribution is 7.14. The zero-order valence-electron chi connectivity index (χ0n) is 10.8. The van der Waals surface area contributed by atoms with Crippen molar-refractivity contribution in [2.45, 2.75) is 32.7 Å². The smallest absolute Gasteiger partial charge is 0.149 e. The molecule has 0 radical (unpaired) electrons. The number of nitrogens with one attached hydrogen (secondary N) is 1. The largest absolute Gasteiger partial charge is 0.312 e. The SMILES string of the molecule is CC(C)(C)NCCc1nnc(-c2ccnnc2)s1. The van der Waals surface area contributed by atoms with Gasteiger partial charge in [0.25, 0.3) is 0 Å². The summed E-state index contributed by atoms with van der Waals surface area (Å²) in [5.74, 6) is 0. The highest BCUT2D eigenvalue weighted by Gasteiger charge is 2.10. The number of hydrogen-bond acceptors (Lipinski definition) is 6. The second-order valence-corrected chi connectivity index (χ2v) is 6.12. The predicted octanol–water partition coefficient (Wildman–Crippen LogP) is 1.93. The van der Waals surface area contributed by atoms with Crippen LogP contribution in [0.2, 0.25) is 0 Å². The van der Waals surface area contributed by atoms with Gasteiger partial charge in [-0.15, -0.1) is 10.2 Å². The third-order valence-electron chi connectivity index (χ3n) is 2.29. The Morgan fingerprint density at radius 2 is 2.06 bits per heavy atom. The first-order valence-electron chi connectivity index (χ1n) is 5.89. The van der Waals surface area contributed by atoms with Crippen molar-refractivity contribution >= 4 is 11.3 Å². The summed E-state index contributed by atoms with van der Waals surface area (Å²) < 4.78 is 0. The van der Waals surface area contributed by atoms with E-state index in [-0.39, 0.29) is 5.54 Å². The van der Waals surface area contributed by atoms with E-state index in [0.717, 1.165) is 28.5 Å². The molecule has 0 saturated heterocycles. The summed E-state index contributed by atoms with van der Waals surface area (Å²) in [6, 6.07) is 1.89. The van der Waals surface area contributed by atoms with Crippen LogP contribution >= 0.6 is 11.3 Å². The molecule has 0 spiro atoms. The van der Waals surface area contributed by atoms with Crippen LogP contribution in [0, 0.1) is 0 Å². The molecule has 1 N–H and O–H groups in total. The fraction of sp³-hybridized carbons (Fsp3) is 0.500. The number of hydrogen-bond donors (Lipinski definition) is 1. The Hall–Kier alpha value is -1.40. The lowest BCUT2D eigenvalue weighted by Crippen LogP contribution is -2.37. The molecule has 6 heteroatoms. The lowest BCUT2D eigenvalue weighted by atomic mass is 10.1. The van der Waals surface area contributed by atoms with E-state index in [4.69, 9.17) is 0 Å². The molecule has 18 heavy (non-hydrogen) atoms. The van der Waals surface area contributed by atoms with E-state index in [0.29, 0.717) is 0 Å². The second kappa shape index (κ2) is 5.49. The number of nitrogens with zero attached hydrogens (tertiary/aromatic N) is 4. The molecule has 2 heterocycles. The summed E-state index contributed by atoms with van der Waals surface area (Å²) in [5, 5.41) is 21.3. The number of rotatable bonds is 4. The van der Waals surface area contributed by atoms with Crippen molar-refractivity contribution in [2.75, 3.05) is 6.54 Å². The van der Waals surface area contributed by atoms with Gasteiger partial charge in [0.1, 0.15) is 10.0 Å². The molecule has 0 aliphatic rings. The normalized spacial score (nSPS) is 11.7. The van der Waals surface area contributed by atoms with Gasteiger partial charge in [-0.2, -0.15) is 10.2 Å². The first kappa shape index (κ1) is 13.0. The molecular formula is C12H17N5S. The van der Waals surface area contributed by atoms with Crippen LogP contribution in [0.3, 0.4) is 0 Å². The molecule has 2 aromatic rings. The molecule has 0 atom stereocenters. The van der Waals surface area contributed by atoms with Crippen LogP contribution in [0.4, 0.5) is 0 Å². The zero-order chi connectivity index (χ0) is 13.0. The summed E-state index contributed by atoms with van der Waals surface area (Å²) in [5.41, 5.74) is 1.11. The van der Waals surface area contributed by atoms with Crippen molar-refractivity contribution in [3.05, 3.63) is 23.5 Å². The average Bonchev–Trinajstić information content (AvgIpc) is 2.77. The molecule has 96 valence electrons. The van der Waals surface area contributed by atoms with E-state index in [1.165, 1.54) is 0 Å². The quantitative estimate of drug-likeness (QED) is 0.913. The van der Waals surface area contributed by atoms with Crippen molar-refractivity contribution in [3.8, 4) is 10.6 Å². The molecule has 0 bridgehead atoms. The molecule has 0 aromatic carbocycles. The minimum Gasteiger partial charge on any atom is -0.312 e. The minimum atomic E-state index is 0.141. The van der Waals surface area contributed by atoms with Gasteiger partial charge in [0.2, 0.25) is 0 Å². The fourth-order valence-corrected chi connectivity index (χ4v) is 2.26. The summed E-state index contributed by atoms with van der Waals surface area (Å²) in [6.45, 7) is 7.37. The van der Waals surface area contributed by atoms with Gasteiger partial charge in [-0.25, -0.2) is 0 Å². The molecule has 0 unspecified atom stereocenters. The maximum Gasteiger partial charge on any atom is 0.149 e. The van der Waals surface area contributed by atoms with E-state index < -0.39 is 0 Å². The predicted molar refractivity (Wildman–Crippen MR) is 72.4 cm³/mol. The zero-order valence-corrected chi connectivity index (χ0v) is 11.7. The minimum absolute atomic E-state index is 0.141. The van der Waals surface area contributed by atoms with Crippen molar-refractivity contribution < 1.29 is 0 Å². The standard InChI is InChI=1S/C12H17N5S/c1-12(2,3)13-6-5-10-16-17-11(18-10)9-4-7-14-15-8-9/h4,7-8,13H,5-6H2,1-3H3. The Labute approximate surface area is 111 Å². The van der Waals surface area contributed by atoms with Crippen LogP contribution in [0.25, 0.3) is 10.6 Å². The molecular weight excluding hydrogens is 246 g/mol. The maximum absolute atomic E-state index is 4.19. The van der Waals surface area contributed by atoms with Crippen LogP contribution in [0.1, 0.15) is 25.8 Å². The average molecular weight is 263 g/mol. The van der Waals surface area contributed by atoms with Gasteiger partial charge in [-0.3, -0.25) is 0 Å². The molecule has 2 rings (SSSR count). The Morgan fingerprint density at radius 1 is 1.22 bits per heavy atom. The molecule has 0 fully saturated rings. The maximum atomic E-state index is 4.19. The summed E-state index contributed by atoms with van der Waals surface area (Å²) in [7, 11) is 0. The molecule has 5 nitrogen and oxygen atoms in total. The van der Waals surface area contributed by atoms with E-state index in [1.807, 2.05) is 6.07 Å². The number of aromatic nitrogens is 4. The third-order valence-corrected chi connectivity index (χ3v) is 3.32. The molecule has 0 amide bonds. The van der Waals surface area contributed by atoms with Crippen LogP contribution in [-0.4, -0.2) is 32.5 Å². The Balaban J connectivity index is 1.95. The van der Waals surface area contributed by atoms with Crippen molar-refractivity contribution in [1.29, 1.82) is 0 Å². The topological polar surface area (TPSA) is 63.6 Å².